The summed E-state index contributed by atoms with van der Waals surface area (Å²) in [5.41, 5.74) is 1.71. The molecule has 1 heterocycles. The topological polar surface area (TPSA) is 59.1 Å². The van der Waals surface area contributed by atoms with Gasteiger partial charge in [-0.05, 0) is 62.9 Å². The van der Waals surface area contributed by atoms with Crippen molar-refractivity contribution >= 4 is 46.2 Å². The lowest BCUT2D eigenvalue weighted by molar-refractivity contribution is -0.137. The highest BCUT2D eigenvalue weighted by Gasteiger charge is 2.31. The van der Waals surface area contributed by atoms with E-state index < -0.39 is 0 Å². The molecule has 0 saturated carbocycles. The van der Waals surface area contributed by atoms with Crippen LogP contribution in [0.4, 0.5) is 0 Å². The molecule has 3 rings (SSSR count). The van der Waals surface area contributed by atoms with Crippen LogP contribution in [0.1, 0.15) is 57.6 Å². The Hall–Kier alpha value is -2.84. The third-order valence-electron chi connectivity index (χ3n) is 6.15. The fraction of sp³-hybridized carbons (Fsp3) is 0.414. The third kappa shape index (κ3) is 7.82. The van der Waals surface area contributed by atoms with Gasteiger partial charge >= 0.3 is 0 Å². The van der Waals surface area contributed by atoms with Crippen LogP contribution >= 0.6 is 24.0 Å². The summed E-state index contributed by atoms with van der Waals surface area (Å²) in [6.45, 7) is 7.36. The van der Waals surface area contributed by atoms with Gasteiger partial charge < -0.3 is 14.4 Å². The molecule has 0 aromatic heterocycles. The molecule has 0 spiro atoms. The van der Waals surface area contributed by atoms with Gasteiger partial charge in [0, 0.05) is 25.0 Å². The van der Waals surface area contributed by atoms with Gasteiger partial charge in [0.05, 0.1) is 19.1 Å². The Bertz CT molecular complexity index is 1140. The number of unbranched alkanes of at least 4 members (excludes halogenated alkanes) is 2. The van der Waals surface area contributed by atoms with E-state index in [9.17, 15) is 9.59 Å². The van der Waals surface area contributed by atoms with Crippen molar-refractivity contribution in [2.45, 2.75) is 58.5 Å². The predicted molar refractivity (Wildman–Crippen MR) is 155 cm³/mol. The van der Waals surface area contributed by atoms with Crippen LogP contribution in [0.2, 0.25) is 0 Å². The van der Waals surface area contributed by atoms with Crippen molar-refractivity contribution < 1.29 is 19.1 Å². The maximum atomic E-state index is 13.0. The monoisotopic (exact) mass is 540 g/mol. The van der Waals surface area contributed by atoms with Gasteiger partial charge in [0.2, 0.25) is 5.91 Å². The van der Waals surface area contributed by atoms with Crippen molar-refractivity contribution in [3.63, 3.8) is 0 Å². The molecule has 0 N–H and O–H groups in total. The maximum absolute atomic E-state index is 13.0. The third-order valence-corrected chi connectivity index (χ3v) is 7.52. The van der Waals surface area contributed by atoms with E-state index >= 15 is 0 Å². The maximum Gasteiger partial charge on any atom is 0.266 e. The predicted octanol–water partition coefficient (Wildman–Crippen LogP) is 6.29. The van der Waals surface area contributed by atoms with E-state index in [2.05, 4.69) is 20.8 Å². The van der Waals surface area contributed by atoms with Crippen molar-refractivity contribution in [1.82, 2.24) is 9.80 Å². The van der Waals surface area contributed by atoms with Crippen molar-refractivity contribution in [3.8, 4) is 11.5 Å². The molecule has 1 saturated heterocycles. The van der Waals surface area contributed by atoms with Gasteiger partial charge in [0.25, 0.3) is 5.91 Å². The second-order valence-electron chi connectivity index (χ2n) is 9.89. The molecule has 0 bridgehead atoms. The molecule has 2 aromatic rings. The number of rotatable bonds is 11. The Morgan fingerprint density at radius 3 is 2.38 bits per heavy atom. The number of carbonyl (C=O) groups is 2. The van der Waals surface area contributed by atoms with Crippen molar-refractivity contribution in [1.29, 1.82) is 0 Å². The Morgan fingerprint density at radius 1 is 1.03 bits per heavy atom. The Balaban J connectivity index is 1.50. The Morgan fingerprint density at radius 2 is 1.73 bits per heavy atom. The zero-order valence-electron chi connectivity index (χ0n) is 22.3. The largest absolute Gasteiger partial charge is 0.493 e. The molecule has 0 radical (unpaired) electrons. The highest BCUT2D eigenvalue weighted by Crippen LogP contribution is 2.35. The number of amides is 2. The number of hydrogen-bond acceptors (Lipinski definition) is 6. The second kappa shape index (κ2) is 13.1. The van der Waals surface area contributed by atoms with E-state index in [1.54, 1.807) is 19.1 Å². The van der Waals surface area contributed by atoms with Crippen LogP contribution in [0.15, 0.2) is 53.4 Å². The molecule has 1 aliphatic heterocycles. The molecule has 0 aliphatic carbocycles. The van der Waals surface area contributed by atoms with E-state index in [0.29, 0.717) is 40.2 Å². The zero-order chi connectivity index (χ0) is 27.0. The van der Waals surface area contributed by atoms with Crippen molar-refractivity contribution in [2.24, 2.45) is 0 Å². The van der Waals surface area contributed by atoms with Crippen LogP contribution in [-0.2, 0) is 16.1 Å². The summed E-state index contributed by atoms with van der Waals surface area (Å²) in [5.74, 6) is 1.31. The van der Waals surface area contributed by atoms with Gasteiger partial charge in [-0.1, -0.05) is 66.8 Å². The molecule has 198 valence electrons. The fourth-order valence-electron chi connectivity index (χ4n) is 4.11. The van der Waals surface area contributed by atoms with E-state index in [1.807, 2.05) is 59.5 Å². The summed E-state index contributed by atoms with van der Waals surface area (Å²) in [6.07, 6.45) is 4.73. The standard InChI is InChI=1S/C29H36N2O4S2/c1-29(2,3)31(20-21-12-8-6-9-13-21)26(32)14-10-7-11-17-30-27(33)25(37-28(30)36)19-22-15-16-23(34-4)24(18-22)35-5/h6,8-9,12-13,15-16,18-19H,7,10-11,14,17,20H2,1-5H3. The minimum atomic E-state index is -0.255. The molecule has 0 unspecified atom stereocenters. The first-order valence-electron chi connectivity index (χ1n) is 12.5. The van der Waals surface area contributed by atoms with Crippen LogP contribution in [-0.4, -0.2) is 52.2 Å². The molecule has 37 heavy (non-hydrogen) atoms. The molecule has 0 atom stereocenters. The number of ether oxygens (including phenoxy) is 2. The lowest BCUT2D eigenvalue weighted by Gasteiger charge is -2.36. The quantitative estimate of drug-likeness (QED) is 0.190. The highest BCUT2D eigenvalue weighted by atomic mass is 32.2. The second-order valence-corrected chi connectivity index (χ2v) is 11.6. The van der Waals surface area contributed by atoms with Crippen LogP contribution < -0.4 is 9.47 Å². The normalized spacial score (nSPS) is 14.8. The van der Waals surface area contributed by atoms with Gasteiger partial charge in [-0.2, -0.15) is 0 Å². The molecule has 1 aliphatic rings. The average Bonchev–Trinajstić information content (AvgIpc) is 3.13. The summed E-state index contributed by atoms with van der Waals surface area (Å²) in [5, 5.41) is 0. The van der Waals surface area contributed by atoms with E-state index in [-0.39, 0.29) is 17.4 Å². The smallest absolute Gasteiger partial charge is 0.266 e. The first kappa shape index (κ1) is 28.7. The lowest BCUT2D eigenvalue weighted by atomic mass is 10.0. The lowest BCUT2D eigenvalue weighted by Crippen LogP contribution is -2.45. The van der Waals surface area contributed by atoms with E-state index in [0.717, 1.165) is 30.4 Å². The number of hydrogen-bond donors (Lipinski definition) is 0. The number of thioether (sulfide) groups is 1. The molecule has 6 nitrogen and oxygen atoms in total. The van der Waals surface area contributed by atoms with Gasteiger partial charge in [0.1, 0.15) is 4.32 Å². The van der Waals surface area contributed by atoms with Gasteiger partial charge in [-0.3, -0.25) is 14.5 Å². The zero-order valence-corrected chi connectivity index (χ0v) is 23.9. The Labute approximate surface area is 230 Å². The van der Waals surface area contributed by atoms with Gasteiger partial charge in [-0.15, -0.1) is 0 Å². The first-order valence-corrected chi connectivity index (χ1v) is 13.7. The molecule has 2 amide bonds. The fourth-order valence-corrected chi connectivity index (χ4v) is 5.42. The minimum Gasteiger partial charge on any atom is -0.493 e. The summed E-state index contributed by atoms with van der Waals surface area (Å²) >= 11 is 6.79. The molecular weight excluding hydrogens is 504 g/mol. The van der Waals surface area contributed by atoms with Crippen LogP contribution in [0, 0.1) is 0 Å². The van der Waals surface area contributed by atoms with E-state index in [1.165, 1.54) is 11.8 Å². The van der Waals surface area contributed by atoms with Crippen LogP contribution in [0.25, 0.3) is 6.08 Å². The highest BCUT2D eigenvalue weighted by molar-refractivity contribution is 8.26. The average molecular weight is 541 g/mol. The summed E-state index contributed by atoms with van der Waals surface area (Å²) in [7, 11) is 3.17. The summed E-state index contributed by atoms with van der Waals surface area (Å²) in [6, 6.07) is 15.6. The van der Waals surface area contributed by atoms with Crippen molar-refractivity contribution in [3.05, 3.63) is 64.6 Å². The molecular formula is C29H36N2O4S2. The van der Waals surface area contributed by atoms with Gasteiger partial charge in [0.15, 0.2) is 11.5 Å². The number of methoxy groups -OCH3 is 2. The summed E-state index contributed by atoms with van der Waals surface area (Å²) in [4.78, 5) is 30.2. The minimum absolute atomic E-state index is 0.0809. The van der Waals surface area contributed by atoms with Gasteiger partial charge in [-0.25, -0.2) is 0 Å². The number of nitrogens with zero attached hydrogens (tertiary/aromatic N) is 2. The molecule has 8 heteroatoms. The first-order chi connectivity index (χ1) is 17.6. The molecule has 2 aromatic carbocycles. The number of carbonyl (C=O) groups excluding carboxylic acids is 2. The van der Waals surface area contributed by atoms with Crippen molar-refractivity contribution in [2.75, 3.05) is 20.8 Å². The number of benzene rings is 2. The summed E-state index contributed by atoms with van der Waals surface area (Å²) < 4.78 is 11.2. The SMILES string of the molecule is COc1ccc(C=C2SC(=S)N(CCCCCC(=O)N(Cc3ccccc3)C(C)(C)C)C2=O)cc1OC. The Kier molecular flexibility index (Phi) is 10.2. The van der Waals surface area contributed by atoms with Crippen LogP contribution in [0.5, 0.6) is 11.5 Å². The number of thiocarbonyl (C=S) groups is 1. The molecule has 1 fully saturated rings. The van der Waals surface area contributed by atoms with Crippen LogP contribution in [0.3, 0.4) is 0 Å². The van der Waals surface area contributed by atoms with E-state index in [4.69, 9.17) is 21.7 Å².